The van der Waals surface area contributed by atoms with Gasteiger partial charge in [-0.15, -0.1) is 0 Å². The molecule has 1 aromatic carbocycles. The fraction of sp³-hybridized carbons (Fsp3) is 0.562. The number of thioether (sulfide) groups is 1. The molecular weight excluding hydrogens is 319 g/mol. The summed E-state index contributed by atoms with van der Waals surface area (Å²) >= 11 is 7.42. The quantitative estimate of drug-likeness (QED) is 0.784. The van der Waals surface area contributed by atoms with Crippen LogP contribution in [0, 0.1) is 5.82 Å². The van der Waals surface area contributed by atoms with Crippen molar-refractivity contribution in [2.24, 2.45) is 0 Å². The number of hydrogen-bond donors (Lipinski definition) is 0. The lowest BCUT2D eigenvalue weighted by atomic mass is 10.1. The maximum atomic E-state index is 14.4. The van der Waals surface area contributed by atoms with E-state index in [0.717, 1.165) is 67.1 Å². The van der Waals surface area contributed by atoms with Crippen LogP contribution in [0.1, 0.15) is 5.56 Å². The number of thiocarbonyl (C=S) groups is 1. The van der Waals surface area contributed by atoms with Gasteiger partial charge in [0.1, 0.15) is 5.82 Å². The van der Waals surface area contributed by atoms with Gasteiger partial charge in [0.2, 0.25) is 0 Å². The zero-order valence-corrected chi connectivity index (χ0v) is 14.2. The highest BCUT2D eigenvalue weighted by Gasteiger charge is 2.17. The molecule has 0 spiro atoms. The van der Waals surface area contributed by atoms with Crippen molar-refractivity contribution in [3.05, 3.63) is 29.6 Å². The third-order valence-corrected chi connectivity index (χ3v) is 5.43. The van der Waals surface area contributed by atoms with Gasteiger partial charge in [-0.2, -0.15) is 11.8 Å². The molecule has 120 valence electrons. The standard InChI is InChI=1S/C16H21FN2OS2/c17-14-11-13(12-16(21)19-3-7-20-8-4-19)1-2-15(14)18-5-9-22-10-6-18/h1-2,11H,3-10,12H2. The first-order valence-electron chi connectivity index (χ1n) is 7.71. The van der Waals surface area contributed by atoms with Gasteiger partial charge in [0.25, 0.3) is 0 Å². The minimum absolute atomic E-state index is 0.130. The van der Waals surface area contributed by atoms with Crippen LogP contribution in [0.4, 0.5) is 10.1 Å². The maximum Gasteiger partial charge on any atom is 0.146 e. The van der Waals surface area contributed by atoms with E-state index in [1.54, 1.807) is 6.07 Å². The maximum absolute atomic E-state index is 14.4. The fourth-order valence-electron chi connectivity index (χ4n) is 2.82. The number of benzene rings is 1. The summed E-state index contributed by atoms with van der Waals surface area (Å²) in [5.41, 5.74) is 1.67. The van der Waals surface area contributed by atoms with Gasteiger partial charge in [0.15, 0.2) is 0 Å². The summed E-state index contributed by atoms with van der Waals surface area (Å²) in [5.74, 6) is 2.01. The molecule has 0 bridgehead atoms. The second-order valence-corrected chi connectivity index (χ2v) is 7.25. The molecule has 3 nitrogen and oxygen atoms in total. The first kappa shape index (κ1) is 16.0. The van der Waals surface area contributed by atoms with E-state index in [1.165, 1.54) is 0 Å². The van der Waals surface area contributed by atoms with Gasteiger partial charge < -0.3 is 14.5 Å². The van der Waals surface area contributed by atoms with Crippen LogP contribution in [0.3, 0.4) is 0 Å². The molecule has 0 aromatic heterocycles. The molecule has 2 heterocycles. The van der Waals surface area contributed by atoms with Gasteiger partial charge in [0, 0.05) is 44.1 Å². The molecule has 2 aliphatic rings. The third kappa shape index (κ3) is 3.91. The number of morpholine rings is 1. The molecule has 0 atom stereocenters. The molecule has 0 N–H and O–H groups in total. The van der Waals surface area contributed by atoms with Crippen LogP contribution in [-0.4, -0.2) is 60.8 Å². The Labute approximate surface area is 140 Å². The number of nitrogens with zero attached hydrogens (tertiary/aromatic N) is 2. The summed E-state index contributed by atoms with van der Waals surface area (Å²) in [4.78, 5) is 5.17. The fourth-order valence-corrected chi connectivity index (χ4v) is 4.07. The van der Waals surface area contributed by atoms with Gasteiger partial charge in [-0.1, -0.05) is 18.3 Å². The Bertz CT molecular complexity index is 529. The van der Waals surface area contributed by atoms with E-state index in [9.17, 15) is 4.39 Å². The number of anilines is 1. The first-order valence-corrected chi connectivity index (χ1v) is 9.27. The van der Waals surface area contributed by atoms with Crippen LogP contribution in [0.15, 0.2) is 18.2 Å². The lowest BCUT2D eigenvalue weighted by Gasteiger charge is -2.30. The summed E-state index contributed by atoms with van der Waals surface area (Å²) in [6, 6.07) is 5.55. The van der Waals surface area contributed by atoms with Crippen molar-refractivity contribution in [2.75, 3.05) is 55.8 Å². The average molecular weight is 340 g/mol. The SMILES string of the molecule is Fc1cc(CC(=S)N2CCOCC2)ccc1N1CCSCC1. The van der Waals surface area contributed by atoms with Crippen molar-refractivity contribution in [1.29, 1.82) is 0 Å². The molecule has 2 saturated heterocycles. The highest BCUT2D eigenvalue weighted by atomic mass is 32.2. The average Bonchev–Trinajstić information content (AvgIpc) is 2.56. The van der Waals surface area contributed by atoms with E-state index < -0.39 is 0 Å². The van der Waals surface area contributed by atoms with E-state index in [-0.39, 0.29) is 5.82 Å². The van der Waals surface area contributed by atoms with Crippen LogP contribution in [0.5, 0.6) is 0 Å². The Balaban J connectivity index is 1.64. The molecule has 3 rings (SSSR count). The summed E-state index contributed by atoms with van der Waals surface area (Å²) < 4.78 is 19.7. The number of hydrogen-bond acceptors (Lipinski definition) is 4. The van der Waals surface area contributed by atoms with Crippen molar-refractivity contribution >= 4 is 34.7 Å². The summed E-state index contributed by atoms with van der Waals surface area (Å²) in [5, 5.41) is 0. The van der Waals surface area contributed by atoms with Gasteiger partial charge in [-0.25, -0.2) is 4.39 Å². The van der Waals surface area contributed by atoms with Gasteiger partial charge in [-0.05, 0) is 17.7 Å². The topological polar surface area (TPSA) is 15.7 Å². The normalized spacial score (nSPS) is 19.3. The smallest absolute Gasteiger partial charge is 0.146 e. The number of rotatable bonds is 3. The van der Waals surface area contributed by atoms with Crippen LogP contribution in [0.25, 0.3) is 0 Å². The summed E-state index contributed by atoms with van der Waals surface area (Å²) in [7, 11) is 0. The van der Waals surface area contributed by atoms with E-state index in [2.05, 4.69) is 9.80 Å². The van der Waals surface area contributed by atoms with Crippen LogP contribution in [-0.2, 0) is 11.2 Å². The highest BCUT2D eigenvalue weighted by molar-refractivity contribution is 7.99. The molecule has 1 aromatic rings. The molecule has 0 aliphatic carbocycles. The Kier molecular flexibility index (Phi) is 5.55. The molecule has 0 saturated carbocycles. The molecule has 0 radical (unpaired) electrons. The molecule has 2 aliphatic heterocycles. The number of halogens is 1. The monoisotopic (exact) mass is 340 g/mol. The van der Waals surface area contributed by atoms with Gasteiger partial charge >= 0.3 is 0 Å². The van der Waals surface area contributed by atoms with Crippen LogP contribution >= 0.6 is 24.0 Å². The van der Waals surface area contributed by atoms with E-state index in [4.69, 9.17) is 17.0 Å². The Morgan fingerprint density at radius 1 is 1.18 bits per heavy atom. The predicted molar refractivity (Wildman–Crippen MR) is 94.6 cm³/mol. The van der Waals surface area contributed by atoms with Crippen molar-refractivity contribution in [3.8, 4) is 0 Å². The first-order chi connectivity index (χ1) is 10.7. The predicted octanol–water partition coefficient (Wildman–Crippen LogP) is 2.58. The van der Waals surface area contributed by atoms with Crippen LogP contribution < -0.4 is 4.90 Å². The lowest BCUT2D eigenvalue weighted by molar-refractivity contribution is 0.0684. The van der Waals surface area contributed by atoms with Crippen molar-refractivity contribution in [2.45, 2.75) is 6.42 Å². The Hall–Kier alpha value is -0.850. The molecule has 22 heavy (non-hydrogen) atoms. The minimum Gasteiger partial charge on any atom is -0.378 e. The van der Waals surface area contributed by atoms with Crippen molar-refractivity contribution in [3.63, 3.8) is 0 Å². The second kappa shape index (κ2) is 7.62. The molecule has 0 unspecified atom stereocenters. The summed E-state index contributed by atoms with van der Waals surface area (Å²) in [6.07, 6.45) is 0.627. The van der Waals surface area contributed by atoms with Gasteiger partial charge in [0.05, 0.1) is 23.9 Å². The number of ether oxygens (including phenoxy) is 1. The molecular formula is C16H21FN2OS2. The second-order valence-electron chi connectivity index (χ2n) is 5.56. The van der Waals surface area contributed by atoms with Gasteiger partial charge in [-0.3, -0.25) is 0 Å². The zero-order chi connectivity index (χ0) is 15.4. The van der Waals surface area contributed by atoms with Crippen LogP contribution in [0.2, 0.25) is 0 Å². The van der Waals surface area contributed by atoms with Crippen molar-refractivity contribution < 1.29 is 9.13 Å². The Morgan fingerprint density at radius 3 is 2.59 bits per heavy atom. The third-order valence-electron chi connectivity index (χ3n) is 4.08. The molecule has 0 amide bonds. The molecule has 6 heteroatoms. The zero-order valence-electron chi connectivity index (χ0n) is 12.6. The van der Waals surface area contributed by atoms with Crippen molar-refractivity contribution in [1.82, 2.24) is 4.90 Å². The Morgan fingerprint density at radius 2 is 1.91 bits per heavy atom. The lowest BCUT2D eigenvalue weighted by Crippen LogP contribution is -2.40. The van der Waals surface area contributed by atoms with E-state index in [0.29, 0.717) is 6.42 Å². The van der Waals surface area contributed by atoms with E-state index >= 15 is 0 Å². The highest BCUT2D eigenvalue weighted by Crippen LogP contribution is 2.24. The minimum atomic E-state index is -0.130. The summed E-state index contributed by atoms with van der Waals surface area (Å²) in [6.45, 7) is 4.97. The van der Waals surface area contributed by atoms with E-state index in [1.807, 2.05) is 23.9 Å². The largest absolute Gasteiger partial charge is 0.378 e. The molecule has 2 fully saturated rings.